The molecule has 1 N–H and O–H groups in total. The predicted molar refractivity (Wildman–Crippen MR) is 59.3 cm³/mol. The minimum absolute atomic E-state index is 0.305. The van der Waals surface area contributed by atoms with Gasteiger partial charge in [-0.3, -0.25) is 4.79 Å². The van der Waals surface area contributed by atoms with E-state index in [1.54, 1.807) is 0 Å². The van der Waals surface area contributed by atoms with Crippen molar-refractivity contribution in [3.05, 3.63) is 12.2 Å². The van der Waals surface area contributed by atoms with Gasteiger partial charge in [-0.2, -0.15) is 0 Å². The molecule has 0 spiro atoms. The Balaban J connectivity index is 3.23. The Kier molecular flexibility index (Phi) is 8.30. The Hall–Kier alpha value is -0.790. The summed E-state index contributed by atoms with van der Waals surface area (Å²) in [6.07, 6.45) is 9.87. The minimum Gasteiger partial charge on any atom is -0.481 e. The van der Waals surface area contributed by atoms with E-state index in [0.29, 0.717) is 6.42 Å². The Bertz CT molecular complexity index is 173. The van der Waals surface area contributed by atoms with Crippen LogP contribution in [0.15, 0.2) is 12.2 Å². The van der Waals surface area contributed by atoms with E-state index in [2.05, 4.69) is 26.0 Å². The average Bonchev–Trinajstić information content (AvgIpc) is 2.15. The van der Waals surface area contributed by atoms with Crippen LogP contribution in [-0.2, 0) is 4.79 Å². The molecule has 0 aliphatic carbocycles. The highest BCUT2D eigenvalue weighted by Crippen LogP contribution is 2.08. The molecule has 2 heteroatoms. The molecular formula is C12H22O2. The van der Waals surface area contributed by atoms with Gasteiger partial charge in [-0.15, -0.1) is 0 Å². The Labute approximate surface area is 87.0 Å². The van der Waals surface area contributed by atoms with E-state index in [1.165, 1.54) is 6.42 Å². The van der Waals surface area contributed by atoms with E-state index in [0.717, 1.165) is 31.6 Å². The second-order valence-electron chi connectivity index (χ2n) is 3.86. The Morgan fingerprint density at radius 2 is 2.07 bits per heavy atom. The van der Waals surface area contributed by atoms with Crippen molar-refractivity contribution in [2.45, 2.75) is 52.4 Å². The molecule has 0 heterocycles. The van der Waals surface area contributed by atoms with Gasteiger partial charge in [0.1, 0.15) is 0 Å². The monoisotopic (exact) mass is 198 g/mol. The second kappa shape index (κ2) is 8.79. The predicted octanol–water partition coefficient (Wildman–Crippen LogP) is 3.62. The van der Waals surface area contributed by atoms with Gasteiger partial charge in [0.05, 0.1) is 0 Å². The standard InChI is InChI=1S/C12H22O2/c1-3-11(2)9-7-5-4-6-8-10-12(13)14/h5,7,11H,3-4,6,8-10H2,1-2H3,(H,13,14)/b7-5+/t11-/m0/s1. The third kappa shape index (κ3) is 9.30. The Morgan fingerprint density at radius 3 is 2.64 bits per heavy atom. The molecule has 0 fully saturated rings. The Morgan fingerprint density at radius 1 is 1.36 bits per heavy atom. The van der Waals surface area contributed by atoms with Crippen LogP contribution in [0.4, 0.5) is 0 Å². The normalized spacial score (nSPS) is 13.3. The SMILES string of the molecule is CC[C@H](C)C/C=C/CCCCC(=O)O. The lowest BCUT2D eigenvalue weighted by Gasteiger charge is -2.02. The van der Waals surface area contributed by atoms with Gasteiger partial charge in [-0.05, 0) is 31.6 Å². The maximum Gasteiger partial charge on any atom is 0.303 e. The molecule has 1 atom stereocenters. The van der Waals surface area contributed by atoms with Gasteiger partial charge in [0.15, 0.2) is 0 Å². The zero-order valence-corrected chi connectivity index (χ0v) is 9.33. The fraction of sp³-hybridized carbons (Fsp3) is 0.750. The van der Waals surface area contributed by atoms with Gasteiger partial charge in [-0.25, -0.2) is 0 Å². The van der Waals surface area contributed by atoms with Crippen LogP contribution in [0.25, 0.3) is 0 Å². The highest BCUT2D eigenvalue weighted by atomic mass is 16.4. The van der Waals surface area contributed by atoms with Crippen LogP contribution in [0.3, 0.4) is 0 Å². The number of carbonyl (C=O) groups is 1. The third-order valence-corrected chi connectivity index (χ3v) is 2.41. The zero-order valence-electron chi connectivity index (χ0n) is 9.33. The van der Waals surface area contributed by atoms with E-state index in [-0.39, 0.29) is 0 Å². The summed E-state index contributed by atoms with van der Waals surface area (Å²) in [5.74, 6) is 0.0823. The molecule has 14 heavy (non-hydrogen) atoms. The summed E-state index contributed by atoms with van der Waals surface area (Å²) in [6, 6.07) is 0. The molecule has 2 nitrogen and oxygen atoms in total. The summed E-state index contributed by atoms with van der Waals surface area (Å²) in [6.45, 7) is 4.44. The number of carboxylic acids is 1. The molecule has 0 radical (unpaired) electrons. The first-order valence-corrected chi connectivity index (χ1v) is 5.53. The van der Waals surface area contributed by atoms with Crippen LogP contribution < -0.4 is 0 Å². The van der Waals surface area contributed by atoms with E-state index in [9.17, 15) is 4.79 Å². The second-order valence-corrected chi connectivity index (χ2v) is 3.86. The molecule has 0 rings (SSSR count). The summed E-state index contributed by atoms with van der Waals surface area (Å²) in [5.41, 5.74) is 0. The van der Waals surface area contributed by atoms with Gasteiger partial charge in [-0.1, -0.05) is 32.4 Å². The van der Waals surface area contributed by atoms with Crippen molar-refractivity contribution in [2.24, 2.45) is 5.92 Å². The molecule has 0 aromatic rings. The molecule has 0 aromatic heterocycles. The topological polar surface area (TPSA) is 37.3 Å². The number of hydrogen-bond acceptors (Lipinski definition) is 1. The maximum absolute atomic E-state index is 10.2. The first-order chi connectivity index (χ1) is 6.66. The molecule has 0 saturated heterocycles. The number of allylic oxidation sites excluding steroid dienone is 2. The first kappa shape index (κ1) is 13.2. The lowest BCUT2D eigenvalue weighted by molar-refractivity contribution is -0.137. The van der Waals surface area contributed by atoms with Gasteiger partial charge >= 0.3 is 5.97 Å². The molecule has 82 valence electrons. The van der Waals surface area contributed by atoms with E-state index in [1.807, 2.05) is 0 Å². The number of carboxylic acid groups (broad SMARTS) is 1. The molecule has 0 unspecified atom stereocenters. The van der Waals surface area contributed by atoms with E-state index < -0.39 is 5.97 Å². The zero-order chi connectivity index (χ0) is 10.8. The van der Waals surface area contributed by atoms with Crippen molar-refractivity contribution in [1.29, 1.82) is 0 Å². The summed E-state index contributed by atoms with van der Waals surface area (Å²) in [5, 5.41) is 8.40. The number of rotatable bonds is 8. The van der Waals surface area contributed by atoms with Gasteiger partial charge < -0.3 is 5.11 Å². The largest absolute Gasteiger partial charge is 0.481 e. The summed E-state index contributed by atoms with van der Waals surface area (Å²) in [4.78, 5) is 10.2. The lowest BCUT2D eigenvalue weighted by atomic mass is 10.0. The fourth-order valence-electron chi connectivity index (χ4n) is 1.15. The third-order valence-electron chi connectivity index (χ3n) is 2.41. The van der Waals surface area contributed by atoms with E-state index >= 15 is 0 Å². The van der Waals surface area contributed by atoms with Crippen molar-refractivity contribution in [1.82, 2.24) is 0 Å². The van der Waals surface area contributed by atoms with Gasteiger partial charge in [0.25, 0.3) is 0 Å². The average molecular weight is 198 g/mol. The highest BCUT2D eigenvalue weighted by molar-refractivity contribution is 5.66. The van der Waals surface area contributed by atoms with Crippen LogP contribution in [-0.4, -0.2) is 11.1 Å². The summed E-state index contributed by atoms with van der Waals surface area (Å²) >= 11 is 0. The van der Waals surface area contributed by atoms with Crippen LogP contribution in [0.2, 0.25) is 0 Å². The molecular weight excluding hydrogens is 176 g/mol. The van der Waals surface area contributed by atoms with Crippen molar-refractivity contribution in [3.63, 3.8) is 0 Å². The van der Waals surface area contributed by atoms with Crippen LogP contribution in [0.1, 0.15) is 52.4 Å². The van der Waals surface area contributed by atoms with Crippen LogP contribution in [0, 0.1) is 5.92 Å². The smallest absolute Gasteiger partial charge is 0.303 e. The molecule has 0 aromatic carbocycles. The van der Waals surface area contributed by atoms with Crippen molar-refractivity contribution in [2.75, 3.05) is 0 Å². The highest BCUT2D eigenvalue weighted by Gasteiger charge is 1.95. The van der Waals surface area contributed by atoms with Crippen LogP contribution in [0.5, 0.6) is 0 Å². The first-order valence-electron chi connectivity index (χ1n) is 5.53. The number of hydrogen-bond donors (Lipinski definition) is 1. The summed E-state index contributed by atoms with van der Waals surface area (Å²) < 4.78 is 0. The summed E-state index contributed by atoms with van der Waals surface area (Å²) in [7, 11) is 0. The van der Waals surface area contributed by atoms with Crippen LogP contribution >= 0.6 is 0 Å². The van der Waals surface area contributed by atoms with Gasteiger partial charge in [0, 0.05) is 6.42 Å². The maximum atomic E-state index is 10.2. The van der Waals surface area contributed by atoms with E-state index in [4.69, 9.17) is 5.11 Å². The molecule has 0 amide bonds. The lowest BCUT2D eigenvalue weighted by Crippen LogP contribution is -1.93. The fourth-order valence-corrected chi connectivity index (χ4v) is 1.15. The molecule has 0 aliphatic heterocycles. The minimum atomic E-state index is -0.686. The van der Waals surface area contributed by atoms with Gasteiger partial charge in [0.2, 0.25) is 0 Å². The number of unbranched alkanes of at least 4 members (excludes halogenated alkanes) is 2. The molecule has 0 aliphatic rings. The van der Waals surface area contributed by atoms with Crippen molar-refractivity contribution < 1.29 is 9.90 Å². The molecule has 0 bridgehead atoms. The number of aliphatic carboxylic acids is 1. The van der Waals surface area contributed by atoms with Crippen molar-refractivity contribution in [3.8, 4) is 0 Å². The molecule has 0 saturated carbocycles. The van der Waals surface area contributed by atoms with Crippen molar-refractivity contribution >= 4 is 5.97 Å². The quantitative estimate of drug-likeness (QED) is 0.477.